The second kappa shape index (κ2) is 5.93. The van der Waals surface area contributed by atoms with Gasteiger partial charge in [-0.25, -0.2) is 4.98 Å². The molecule has 5 heteroatoms. The molecule has 4 aliphatic rings. The molecule has 3 nitrogen and oxygen atoms in total. The molecule has 0 aromatic carbocycles. The molecule has 0 spiro atoms. The van der Waals surface area contributed by atoms with Gasteiger partial charge in [0.1, 0.15) is 5.15 Å². The zero-order chi connectivity index (χ0) is 16.0. The van der Waals surface area contributed by atoms with Crippen LogP contribution in [-0.4, -0.2) is 17.4 Å². The number of pyridine rings is 1. The van der Waals surface area contributed by atoms with Crippen LogP contribution in [0.15, 0.2) is 12.3 Å². The second-order valence-electron chi connectivity index (χ2n) is 7.92. The molecular weight excluding hydrogens is 331 g/mol. The number of hydrogen-bond donors (Lipinski definition) is 1. The van der Waals surface area contributed by atoms with Crippen molar-refractivity contribution in [2.45, 2.75) is 44.9 Å². The maximum Gasteiger partial charge on any atom is 0.252 e. The number of halogens is 2. The summed E-state index contributed by atoms with van der Waals surface area (Å²) in [6.45, 7) is 0.741. The summed E-state index contributed by atoms with van der Waals surface area (Å²) in [5.74, 6) is 2.75. The van der Waals surface area contributed by atoms with Crippen LogP contribution in [-0.2, 0) is 0 Å². The topological polar surface area (TPSA) is 42.0 Å². The van der Waals surface area contributed by atoms with E-state index in [0.29, 0.717) is 16.0 Å². The first kappa shape index (κ1) is 15.7. The monoisotopic (exact) mass is 352 g/mol. The molecule has 1 aromatic heterocycles. The van der Waals surface area contributed by atoms with Gasteiger partial charge in [0, 0.05) is 12.7 Å². The molecule has 1 heterocycles. The lowest BCUT2D eigenvalue weighted by molar-refractivity contribution is -0.0564. The van der Waals surface area contributed by atoms with Crippen molar-refractivity contribution in [2.24, 2.45) is 23.2 Å². The van der Waals surface area contributed by atoms with E-state index in [9.17, 15) is 4.79 Å². The third kappa shape index (κ3) is 3.10. The van der Waals surface area contributed by atoms with Crippen LogP contribution < -0.4 is 5.32 Å². The minimum Gasteiger partial charge on any atom is -0.352 e. The highest BCUT2D eigenvalue weighted by molar-refractivity contribution is 6.41. The standard InChI is InChI=1S/C18H22Cl2N2O/c19-15-6-14(10-22-16(15)20)17(23)21-2-1-18-7-11-3-12(8-18)5-13(4-11)9-18/h6,10-13H,1-5,7-9H2,(H,21,23). The summed E-state index contributed by atoms with van der Waals surface area (Å²) < 4.78 is 0. The highest BCUT2D eigenvalue weighted by atomic mass is 35.5. The predicted molar refractivity (Wildman–Crippen MR) is 91.8 cm³/mol. The lowest BCUT2D eigenvalue weighted by atomic mass is 9.49. The lowest BCUT2D eigenvalue weighted by Crippen LogP contribution is -2.47. The van der Waals surface area contributed by atoms with Crippen LogP contribution in [0.25, 0.3) is 0 Å². The fraction of sp³-hybridized carbons (Fsp3) is 0.667. The number of carbonyl (C=O) groups excluding carboxylic acids is 1. The average molecular weight is 353 g/mol. The van der Waals surface area contributed by atoms with Crippen molar-refractivity contribution in [2.75, 3.05) is 6.54 Å². The molecule has 23 heavy (non-hydrogen) atoms. The molecule has 4 bridgehead atoms. The first-order valence-corrected chi connectivity index (χ1v) is 9.38. The maximum atomic E-state index is 12.2. The van der Waals surface area contributed by atoms with Gasteiger partial charge in [0.2, 0.25) is 0 Å². The highest BCUT2D eigenvalue weighted by Gasteiger charge is 2.50. The lowest BCUT2D eigenvalue weighted by Gasteiger charge is -2.57. The van der Waals surface area contributed by atoms with Gasteiger partial charge in [0.25, 0.3) is 5.91 Å². The Kier molecular flexibility index (Phi) is 4.05. The van der Waals surface area contributed by atoms with E-state index in [4.69, 9.17) is 23.2 Å². The molecule has 4 saturated carbocycles. The molecule has 0 unspecified atom stereocenters. The summed E-state index contributed by atoms with van der Waals surface area (Å²) in [7, 11) is 0. The molecular formula is C18H22Cl2N2O. The van der Waals surface area contributed by atoms with Crippen LogP contribution in [0.1, 0.15) is 55.3 Å². The van der Waals surface area contributed by atoms with E-state index in [2.05, 4.69) is 10.3 Å². The van der Waals surface area contributed by atoms with Crippen molar-refractivity contribution in [3.63, 3.8) is 0 Å². The molecule has 1 amide bonds. The van der Waals surface area contributed by atoms with Crippen LogP contribution in [0, 0.1) is 23.2 Å². The summed E-state index contributed by atoms with van der Waals surface area (Å²) in [6, 6.07) is 1.58. The minimum absolute atomic E-state index is 0.110. The van der Waals surface area contributed by atoms with Gasteiger partial charge in [-0.15, -0.1) is 0 Å². The Morgan fingerprint density at radius 1 is 1.17 bits per heavy atom. The fourth-order valence-electron chi connectivity index (χ4n) is 5.68. The van der Waals surface area contributed by atoms with E-state index in [1.165, 1.54) is 44.7 Å². The third-order valence-corrected chi connectivity index (χ3v) is 6.85. The summed E-state index contributed by atoms with van der Waals surface area (Å²) in [6.07, 6.45) is 11.1. The van der Waals surface area contributed by atoms with Gasteiger partial charge in [0.15, 0.2) is 0 Å². The smallest absolute Gasteiger partial charge is 0.252 e. The van der Waals surface area contributed by atoms with Crippen LogP contribution in [0.2, 0.25) is 10.2 Å². The number of nitrogens with zero attached hydrogens (tertiary/aromatic N) is 1. The molecule has 4 fully saturated rings. The van der Waals surface area contributed by atoms with Crippen molar-refractivity contribution in [1.82, 2.24) is 10.3 Å². The fourth-order valence-corrected chi connectivity index (χ4v) is 5.95. The van der Waals surface area contributed by atoms with Crippen molar-refractivity contribution in [3.05, 3.63) is 28.0 Å². The van der Waals surface area contributed by atoms with E-state index >= 15 is 0 Å². The molecule has 124 valence electrons. The highest BCUT2D eigenvalue weighted by Crippen LogP contribution is 2.61. The van der Waals surface area contributed by atoms with Crippen LogP contribution in [0.5, 0.6) is 0 Å². The summed E-state index contributed by atoms with van der Waals surface area (Å²) in [5, 5.41) is 3.59. The first-order valence-electron chi connectivity index (χ1n) is 8.62. The molecule has 1 N–H and O–H groups in total. The SMILES string of the molecule is O=C(NCCC12CC3CC(CC(C3)C1)C2)c1cnc(Cl)c(Cl)c1. The van der Waals surface area contributed by atoms with Crippen molar-refractivity contribution >= 4 is 29.1 Å². The minimum atomic E-state index is -0.110. The second-order valence-corrected chi connectivity index (χ2v) is 8.69. The van der Waals surface area contributed by atoms with Gasteiger partial charge in [-0.05, 0) is 74.2 Å². The zero-order valence-electron chi connectivity index (χ0n) is 13.2. The Hall–Kier alpha value is -0.800. The number of rotatable bonds is 4. The van der Waals surface area contributed by atoms with Gasteiger partial charge in [-0.3, -0.25) is 4.79 Å². The van der Waals surface area contributed by atoms with Crippen molar-refractivity contribution in [1.29, 1.82) is 0 Å². The Labute approximate surface area is 147 Å². The molecule has 5 rings (SSSR count). The summed E-state index contributed by atoms with van der Waals surface area (Å²) in [4.78, 5) is 16.2. The molecule has 0 aliphatic heterocycles. The normalized spacial score (nSPS) is 34.6. The molecule has 0 radical (unpaired) electrons. The Morgan fingerprint density at radius 2 is 1.78 bits per heavy atom. The summed E-state index contributed by atoms with van der Waals surface area (Å²) in [5.41, 5.74) is 0.975. The van der Waals surface area contributed by atoms with Gasteiger partial charge in [0.05, 0.1) is 10.6 Å². The van der Waals surface area contributed by atoms with Gasteiger partial charge in [-0.2, -0.15) is 0 Å². The van der Waals surface area contributed by atoms with E-state index < -0.39 is 0 Å². The van der Waals surface area contributed by atoms with Crippen LogP contribution in [0.3, 0.4) is 0 Å². The molecule has 0 saturated heterocycles. The van der Waals surface area contributed by atoms with Crippen LogP contribution in [0.4, 0.5) is 0 Å². The molecule has 4 aliphatic carbocycles. The first-order chi connectivity index (χ1) is 11.0. The van der Waals surface area contributed by atoms with E-state index in [0.717, 1.165) is 30.7 Å². The van der Waals surface area contributed by atoms with E-state index in [1.807, 2.05) is 0 Å². The Morgan fingerprint density at radius 3 is 2.35 bits per heavy atom. The number of aromatic nitrogens is 1. The summed E-state index contributed by atoms with van der Waals surface area (Å²) >= 11 is 11.7. The predicted octanol–water partition coefficient (Wildman–Crippen LogP) is 4.72. The van der Waals surface area contributed by atoms with Crippen molar-refractivity contribution < 1.29 is 4.79 Å². The van der Waals surface area contributed by atoms with Gasteiger partial charge < -0.3 is 5.32 Å². The van der Waals surface area contributed by atoms with Crippen LogP contribution >= 0.6 is 23.2 Å². The largest absolute Gasteiger partial charge is 0.352 e. The molecule has 0 atom stereocenters. The number of amides is 1. The molecule has 1 aromatic rings. The number of carbonyl (C=O) groups is 1. The Balaban J connectivity index is 1.35. The Bertz CT molecular complexity index is 596. The quantitative estimate of drug-likeness (QED) is 0.796. The van der Waals surface area contributed by atoms with Crippen molar-refractivity contribution in [3.8, 4) is 0 Å². The van der Waals surface area contributed by atoms with Gasteiger partial charge in [-0.1, -0.05) is 23.2 Å². The zero-order valence-corrected chi connectivity index (χ0v) is 14.7. The average Bonchev–Trinajstić information content (AvgIpc) is 2.48. The number of nitrogens with one attached hydrogen (secondary N) is 1. The van der Waals surface area contributed by atoms with Gasteiger partial charge >= 0.3 is 0 Å². The van der Waals surface area contributed by atoms with E-state index in [1.54, 1.807) is 6.07 Å². The maximum absolute atomic E-state index is 12.2. The third-order valence-electron chi connectivity index (χ3n) is 6.16. The van der Waals surface area contributed by atoms with E-state index in [-0.39, 0.29) is 11.1 Å². The number of hydrogen-bond acceptors (Lipinski definition) is 2.